The predicted octanol–water partition coefficient (Wildman–Crippen LogP) is 3.10. The van der Waals surface area contributed by atoms with Crippen LogP contribution in [-0.2, 0) is 12.8 Å². The minimum Gasteiger partial charge on any atom is -0.356 e. The molecule has 7 heteroatoms. The third-order valence-electron chi connectivity index (χ3n) is 4.35. The molecule has 2 N–H and O–H groups in total. The van der Waals surface area contributed by atoms with Crippen molar-refractivity contribution >= 4 is 5.96 Å². The molecule has 3 rings (SSSR count). The average molecular weight is 383 g/mol. The lowest BCUT2D eigenvalue weighted by Crippen LogP contribution is -2.39. The Balaban J connectivity index is 1.42. The molecule has 0 aliphatic heterocycles. The summed E-state index contributed by atoms with van der Waals surface area (Å²) >= 11 is 0. The van der Waals surface area contributed by atoms with Crippen LogP contribution in [0, 0.1) is 11.6 Å². The van der Waals surface area contributed by atoms with E-state index >= 15 is 0 Å². The van der Waals surface area contributed by atoms with Crippen LogP contribution in [0.15, 0.2) is 65.9 Å². The zero-order valence-electron chi connectivity index (χ0n) is 15.7. The van der Waals surface area contributed by atoms with Crippen molar-refractivity contribution < 1.29 is 8.78 Å². The van der Waals surface area contributed by atoms with Crippen LogP contribution < -0.4 is 10.6 Å². The van der Waals surface area contributed by atoms with Crippen molar-refractivity contribution in [3.63, 3.8) is 0 Å². The SMILES string of the molecule is CN=C(NCCc1ccc(-n2cccn2)cc1)NCCc1cccc(F)c1F. The van der Waals surface area contributed by atoms with Gasteiger partial charge in [-0.3, -0.25) is 4.99 Å². The highest BCUT2D eigenvalue weighted by molar-refractivity contribution is 5.79. The van der Waals surface area contributed by atoms with Gasteiger partial charge in [-0.2, -0.15) is 5.10 Å². The molecular weight excluding hydrogens is 360 g/mol. The molecule has 1 heterocycles. The van der Waals surface area contributed by atoms with E-state index in [4.69, 9.17) is 0 Å². The molecule has 2 aromatic carbocycles. The van der Waals surface area contributed by atoms with Gasteiger partial charge in [0.05, 0.1) is 5.69 Å². The van der Waals surface area contributed by atoms with Gasteiger partial charge in [-0.05, 0) is 48.2 Å². The molecular formula is C21H23F2N5. The molecule has 0 aliphatic rings. The second-order valence-electron chi connectivity index (χ2n) is 6.26. The monoisotopic (exact) mass is 383 g/mol. The third-order valence-corrected chi connectivity index (χ3v) is 4.35. The number of hydrogen-bond donors (Lipinski definition) is 2. The van der Waals surface area contributed by atoms with Crippen LogP contribution in [0.5, 0.6) is 0 Å². The predicted molar refractivity (Wildman–Crippen MR) is 107 cm³/mol. The van der Waals surface area contributed by atoms with E-state index in [1.54, 1.807) is 19.3 Å². The Morgan fingerprint density at radius 2 is 1.75 bits per heavy atom. The fourth-order valence-corrected chi connectivity index (χ4v) is 2.84. The maximum Gasteiger partial charge on any atom is 0.190 e. The second kappa shape index (κ2) is 9.64. The van der Waals surface area contributed by atoms with Crippen LogP contribution in [0.25, 0.3) is 5.69 Å². The molecule has 5 nitrogen and oxygen atoms in total. The molecule has 0 unspecified atom stereocenters. The van der Waals surface area contributed by atoms with Crippen LogP contribution in [-0.4, -0.2) is 35.9 Å². The summed E-state index contributed by atoms with van der Waals surface area (Å²) in [5.74, 6) is -0.977. The van der Waals surface area contributed by atoms with E-state index in [1.165, 1.54) is 11.6 Å². The molecule has 0 radical (unpaired) electrons. The number of rotatable bonds is 7. The molecule has 0 atom stereocenters. The van der Waals surface area contributed by atoms with Gasteiger partial charge in [-0.1, -0.05) is 24.3 Å². The fraction of sp³-hybridized carbons (Fsp3) is 0.238. The highest BCUT2D eigenvalue weighted by atomic mass is 19.2. The van der Waals surface area contributed by atoms with E-state index < -0.39 is 11.6 Å². The lowest BCUT2D eigenvalue weighted by atomic mass is 10.1. The van der Waals surface area contributed by atoms with E-state index in [1.807, 2.05) is 29.1 Å². The first-order valence-corrected chi connectivity index (χ1v) is 9.14. The van der Waals surface area contributed by atoms with Crippen molar-refractivity contribution in [3.05, 3.63) is 83.7 Å². The highest BCUT2D eigenvalue weighted by Crippen LogP contribution is 2.11. The van der Waals surface area contributed by atoms with Gasteiger partial charge in [0.2, 0.25) is 0 Å². The number of nitrogens with zero attached hydrogens (tertiary/aromatic N) is 3. The number of aromatic nitrogens is 2. The molecule has 146 valence electrons. The van der Waals surface area contributed by atoms with Crippen LogP contribution in [0.3, 0.4) is 0 Å². The zero-order valence-corrected chi connectivity index (χ0v) is 15.7. The van der Waals surface area contributed by atoms with E-state index in [2.05, 4.69) is 32.9 Å². The standard InChI is InChI=1S/C21H23F2N5/c1-24-21(26-14-11-17-4-2-5-19(22)20(17)23)25-13-10-16-6-8-18(9-7-16)28-15-3-12-27-28/h2-9,12,15H,10-11,13-14H2,1H3,(H2,24,25,26). The van der Waals surface area contributed by atoms with Crippen molar-refractivity contribution in [2.45, 2.75) is 12.8 Å². The van der Waals surface area contributed by atoms with Crippen molar-refractivity contribution in [2.75, 3.05) is 20.1 Å². The molecule has 0 saturated heterocycles. The van der Waals surface area contributed by atoms with Gasteiger partial charge < -0.3 is 10.6 Å². The number of aliphatic imine (C=N–C) groups is 1. The number of hydrogen-bond acceptors (Lipinski definition) is 2. The van der Waals surface area contributed by atoms with Gasteiger partial charge in [0.25, 0.3) is 0 Å². The van der Waals surface area contributed by atoms with E-state index in [0.29, 0.717) is 31.0 Å². The molecule has 0 spiro atoms. The normalized spacial score (nSPS) is 11.5. The van der Waals surface area contributed by atoms with Crippen LogP contribution in [0.4, 0.5) is 8.78 Å². The Kier molecular flexibility index (Phi) is 6.73. The van der Waals surface area contributed by atoms with E-state index in [-0.39, 0.29) is 0 Å². The lowest BCUT2D eigenvalue weighted by molar-refractivity contribution is 0.498. The summed E-state index contributed by atoms with van der Waals surface area (Å²) in [6, 6.07) is 14.3. The van der Waals surface area contributed by atoms with Crippen LogP contribution >= 0.6 is 0 Å². The van der Waals surface area contributed by atoms with Crippen molar-refractivity contribution in [1.29, 1.82) is 0 Å². The smallest absolute Gasteiger partial charge is 0.190 e. The van der Waals surface area contributed by atoms with Gasteiger partial charge in [-0.15, -0.1) is 0 Å². The first-order valence-electron chi connectivity index (χ1n) is 9.14. The van der Waals surface area contributed by atoms with Crippen molar-refractivity contribution in [1.82, 2.24) is 20.4 Å². The molecule has 0 fully saturated rings. The topological polar surface area (TPSA) is 54.2 Å². The molecule has 1 aromatic heterocycles. The van der Waals surface area contributed by atoms with Crippen molar-refractivity contribution in [2.24, 2.45) is 4.99 Å². The third kappa shape index (κ3) is 5.16. The number of halogens is 2. The zero-order chi connectivity index (χ0) is 19.8. The number of nitrogens with one attached hydrogen (secondary N) is 2. The Morgan fingerprint density at radius 3 is 2.43 bits per heavy atom. The summed E-state index contributed by atoms with van der Waals surface area (Å²) in [6.45, 7) is 1.16. The lowest BCUT2D eigenvalue weighted by Gasteiger charge is -2.12. The van der Waals surface area contributed by atoms with Gasteiger partial charge in [0.1, 0.15) is 0 Å². The first kappa shape index (κ1) is 19.5. The summed E-state index contributed by atoms with van der Waals surface area (Å²) in [5, 5.41) is 10.6. The first-order chi connectivity index (χ1) is 13.7. The molecule has 0 amide bonds. The molecule has 28 heavy (non-hydrogen) atoms. The molecule has 0 saturated carbocycles. The van der Waals surface area contributed by atoms with Gasteiger partial charge in [-0.25, -0.2) is 13.5 Å². The molecule has 3 aromatic rings. The van der Waals surface area contributed by atoms with Crippen LogP contribution in [0.1, 0.15) is 11.1 Å². The van der Waals surface area contributed by atoms with Gasteiger partial charge >= 0.3 is 0 Å². The highest BCUT2D eigenvalue weighted by Gasteiger charge is 2.07. The maximum absolute atomic E-state index is 13.7. The summed E-state index contributed by atoms with van der Waals surface area (Å²) in [5.41, 5.74) is 2.56. The summed E-state index contributed by atoms with van der Waals surface area (Å²) in [4.78, 5) is 4.15. The minimum absolute atomic E-state index is 0.347. The second-order valence-corrected chi connectivity index (χ2v) is 6.26. The van der Waals surface area contributed by atoms with E-state index in [9.17, 15) is 8.78 Å². The van der Waals surface area contributed by atoms with Gasteiger partial charge in [0.15, 0.2) is 17.6 Å². The largest absolute Gasteiger partial charge is 0.356 e. The quantitative estimate of drug-likeness (QED) is 0.487. The molecule has 0 bridgehead atoms. The summed E-state index contributed by atoms with van der Waals surface area (Å²) in [6.07, 6.45) is 4.86. The summed E-state index contributed by atoms with van der Waals surface area (Å²) in [7, 11) is 1.68. The Labute approximate surface area is 163 Å². The van der Waals surface area contributed by atoms with Crippen LogP contribution in [0.2, 0.25) is 0 Å². The molecule has 0 aliphatic carbocycles. The maximum atomic E-state index is 13.7. The average Bonchev–Trinajstić information content (AvgIpc) is 3.25. The number of guanidine groups is 1. The summed E-state index contributed by atoms with van der Waals surface area (Å²) < 4.78 is 28.7. The fourth-order valence-electron chi connectivity index (χ4n) is 2.84. The van der Waals surface area contributed by atoms with E-state index in [0.717, 1.165) is 18.2 Å². The Morgan fingerprint density at radius 1 is 1.00 bits per heavy atom. The Bertz CT molecular complexity index is 905. The van der Waals surface area contributed by atoms with Gasteiger partial charge in [0, 0.05) is 32.5 Å². The minimum atomic E-state index is -0.821. The van der Waals surface area contributed by atoms with Crippen molar-refractivity contribution in [3.8, 4) is 5.69 Å². The Hall–Kier alpha value is -3.22. The number of benzene rings is 2.